The minimum atomic E-state index is -0.914. The van der Waals surface area contributed by atoms with Gasteiger partial charge >= 0.3 is 11.9 Å². The molecule has 2 aliphatic rings. The minimum absolute atomic E-state index is 0.0375. The molecule has 1 fully saturated rings. The third-order valence-corrected chi connectivity index (χ3v) is 9.08. The van der Waals surface area contributed by atoms with Gasteiger partial charge in [0.05, 0.1) is 13.7 Å². The average molecular weight is 670 g/mol. The van der Waals surface area contributed by atoms with Crippen LogP contribution in [0.4, 0.5) is 0 Å². The number of benzene rings is 3. The highest BCUT2D eigenvalue weighted by Gasteiger charge is 2.54. The van der Waals surface area contributed by atoms with Crippen molar-refractivity contribution in [2.45, 2.75) is 30.5 Å². The van der Waals surface area contributed by atoms with Gasteiger partial charge in [0, 0.05) is 11.8 Å². The molecule has 13 heteroatoms. The fourth-order valence-corrected chi connectivity index (χ4v) is 6.76. The second kappa shape index (κ2) is 14.5. The van der Waals surface area contributed by atoms with Crippen molar-refractivity contribution in [3.05, 3.63) is 136 Å². The van der Waals surface area contributed by atoms with Gasteiger partial charge in [-0.25, -0.2) is 4.79 Å². The van der Waals surface area contributed by atoms with Gasteiger partial charge in [0.2, 0.25) is 0 Å². The number of nitrogens with one attached hydrogen (secondary N) is 1. The van der Waals surface area contributed by atoms with Crippen molar-refractivity contribution in [3.8, 4) is 5.75 Å². The molecule has 0 saturated carbocycles. The van der Waals surface area contributed by atoms with Crippen molar-refractivity contribution < 1.29 is 37.9 Å². The smallest absolute Gasteiger partial charge is 0.356 e. The Labute approximate surface area is 279 Å². The number of methoxy groups -OCH3 is 1. The van der Waals surface area contributed by atoms with Gasteiger partial charge in [-0.3, -0.25) is 24.1 Å². The number of amides is 2. The van der Waals surface area contributed by atoms with Gasteiger partial charge in [0.15, 0.2) is 12.7 Å². The second-order valence-corrected chi connectivity index (χ2v) is 12.1. The predicted molar refractivity (Wildman–Crippen MR) is 173 cm³/mol. The van der Waals surface area contributed by atoms with E-state index in [9.17, 15) is 24.0 Å². The summed E-state index contributed by atoms with van der Waals surface area (Å²) in [5, 5.41) is 2.11. The highest BCUT2D eigenvalue weighted by Crippen LogP contribution is 2.42. The van der Waals surface area contributed by atoms with E-state index in [1.165, 1.54) is 29.8 Å². The third kappa shape index (κ3) is 7.05. The monoisotopic (exact) mass is 669 g/mol. The minimum Gasteiger partial charge on any atom is -0.484 e. The number of β-lactam (4-membered cyclic amide) rings is 1. The van der Waals surface area contributed by atoms with Crippen molar-refractivity contribution in [1.29, 1.82) is 0 Å². The first-order valence-electron chi connectivity index (χ1n) is 15.0. The van der Waals surface area contributed by atoms with Crippen LogP contribution in [-0.4, -0.2) is 64.3 Å². The standard InChI is InChI=1S/C35H31N3O9S/c1-44-29(41)18-26-17-28(40)37(47-26)19-24-21-48-34-30(36-27(39)20-45-25-15-9-4-10-16-25)33(42)38(34)31(24)35(43)46-32(22-11-5-2-6-12-22)23-13-7-3-8-14-23/h2-17,30,32,34H,18-21H2,1H3,(H,36,39)/t30?,34-/m1/s1. The Balaban J connectivity index is 1.28. The third-order valence-electron chi connectivity index (χ3n) is 7.74. The molecule has 2 amide bonds. The Bertz CT molecular complexity index is 1850. The molecule has 12 nitrogen and oxygen atoms in total. The lowest BCUT2D eigenvalue weighted by molar-refractivity contribution is -0.154. The number of hydrogen-bond donors (Lipinski definition) is 1. The number of carbonyl (C=O) groups is 4. The zero-order valence-corrected chi connectivity index (χ0v) is 26.6. The molecule has 0 bridgehead atoms. The average Bonchev–Trinajstić information content (AvgIpc) is 3.46. The summed E-state index contributed by atoms with van der Waals surface area (Å²) >= 11 is 1.32. The van der Waals surface area contributed by atoms with Gasteiger partial charge in [-0.2, -0.15) is 4.74 Å². The summed E-state index contributed by atoms with van der Waals surface area (Å²) in [5.74, 6) is -1.57. The number of ether oxygens (including phenoxy) is 3. The molecule has 246 valence electrons. The first-order valence-corrected chi connectivity index (χ1v) is 16.1. The quantitative estimate of drug-likeness (QED) is 0.176. The number of para-hydroxylation sites is 1. The summed E-state index contributed by atoms with van der Waals surface area (Å²) in [7, 11) is 1.23. The Morgan fingerprint density at radius 2 is 1.56 bits per heavy atom. The molecule has 0 aliphatic carbocycles. The van der Waals surface area contributed by atoms with Crippen LogP contribution in [0.15, 0.2) is 118 Å². The van der Waals surface area contributed by atoms with Crippen molar-refractivity contribution in [1.82, 2.24) is 15.0 Å². The summed E-state index contributed by atoms with van der Waals surface area (Å²) < 4.78 is 23.0. The summed E-state index contributed by atoms with van der Waals surface area (Å²) in [6, 6.07) is 27.5. The molecule has 3 heterocycles. The summed E-state index contributed by atoms with van der Waals surface area (Å²) in [6.07, 6.45) is -1.05. The van der Waals surface area contributed by atoms with E-state index in [1.54, 1.807) is 24.3 Å². The van der Waals surface area contributed by atoms with E-state index in [1.807, 2.05) is 66.7 Å². The summed E-state index contributed by atoms with van der Waals surface area (Å²) in [5.41, 5.74) is 1.26. The predicted octanol–water partition coefficient (Wildman–Crippen LogP) is 3.22. The van der Waals surface area contributed by atoms with Crippen LogP contribution in [0.25, 0.3) is 0 Å². The van der Waals surface area contributed by atoms with Crippen LogP contribution < -0.4 is 15.6 Å². The summed E-state index contributed by atoms with van der Waals surface area (Å²) in [6.45, 7) is -0.483. The molecule has 1 aromatic heterocycles. The van der Waals surface area contributed by atoms with Gasteiger partial charge in [0.25, 0.3) is 17.4 Å². The molecule has 2 aliphatic heterocycles. The molecule has 2 atom stereocenters. The molecule has 1 N–H and O–H groups in total. The van der Waals surface area contributed by atoms with Gasteiger partial charge in [-0.05, 0) is 28.8 Å². The van der Waals surface area contributed by atoms with Crippen LogP contribution in [-0.2, 0) is 41.6 Å². The molecule has 1 unspecified atom stereocenters. The number of carbonyl (C=O) groups excluding carboxylic acids is 4. The van der Waals surface area contributed by atoms with Crippen molar-refractivity contribution >= 4 is 35.5 Å². The largest absolute Gasteiger partial charge is 0.484 e. The Morgan fingerprint density at radius 3 is 2.19 bits per heavy atom. The fourth-order valence-electron chi connectivity index (χ4n) is 5.42. The van der Waals surface area contributed by atoms with Gasteiger partial charge in [-0.15, -0.1) is 11.8 Å². The SMILES string of the molecule is COC(=O)Cc1cc(=O)n(CC2=C(C(=O)OC(c3ccccc3)c3ccccc3)N3C(=O)C(NC(=O)COc4ccccc4)[C@H]3SC2)o1. The number of fused-ring (bicyclic) bond motifs is 1. The lowest BCUT2D eigenvalue weighted by atomic mass is 10.0. The van der Waals surface area contributed by atoms with E-state index in [4.69, 9.17) is 14.0 Å². The lowest BCUT2D eigenvalue weighted by Gasteiger charge is -2.49. The van der Waals surface area contributed by atoms with Crippen molar-refractivity contribution in [2.75, 3.05) is 19.5 Å². The lowest BCUT2D eigenvalue weighted by Crippen LogP contribution is -2.71. The highest BCUT2D eigenvalue weighted by molar-refractivity contribution is 8.00. The van der Waals surface area contributed by atoms with E-state index < -0.39 is 46.8 Å². The molecule has 4 aromatic rings. The van der Waals surface area contributed by atoms with Crippen LogP contribution in [0.5, 0.6) is 5.75 Å². The molecule has 0 spiro atoms. The molecule has 48 heavy (non-hydrogen) atoms. The van der Waals surface area contributed by atoms with Crippen LogP contribution >= 0.6 is 11.8 Å². The first-order chi connectivity index (χ1) is 23.3. The second-order valence-electron chi connectivity index (χ2n) is 10.9. The zero-order valence-electron chi connectivity index (χ0n) is 25.8. The van der Waals surface area contributed by atoms with Gasteiger partial charge in [-0.1, -0.05) is 78.9 Å². The van der Waals surface area contributed by atoms with Crippen molar-refractivity contribution in [3.63, 3.8) is 0 Å². The Hall–Kier alpha value is -5.56. The molecule has 6 rings (SSSR count). The number of thioether (sulfide) groups is 1. The highest BCUT2D eigenvalue weighted by atomic mass is 32.2. The molecule has 3 aromatic carbocycles. The van der Waals surface area contributed by atoms with Crippen molar-refractivity contribution in [2.24, 2.45) is 0 Å². The molecule has 0 radical (unpaired) electrons. The van der Waals surface area contributed by atoms with E-state index >= 15 is 0 Å². The van der Waals surface area contributed by atoms with E-state index in [2.05, 4.69) is 10.1 Å². The van der Waals surface area contributed by atoms with E-state index in [0.29, 0.717) is 22.4 Å². The number of aromatic nitrogens is 1. The van der Waals surface area contributed by atoms with Crippen LogP contribution in [0.1, 0.15) is 23.0 Å². The number of rotatable bonds is 12. The Morgan fingerprint density at radius 1 is 0.938 bits per heavy atom. The number of esters is 2. The molecule has 1 saturated heterocycles. The van der Waals surface area contributed by atoms with Crippen LogP contribution in [0.2, 0.25) is 0 Å². The van der Waals surface area contributed by atoms with E-state index in [0.717, 1.165) is 4.74 Å². The van der Waals surface area contributed by atoms with Crippen LogP contribution in [0.3, 0.4) is 0 Å². The maximum Gasteiger partial charge on any atom is 0.356 e. The van der Waals surface area contributed by atoms with Gasteiger partial charge in [0.1, 0.15) is 35.0 Å². The summed E-state index contributed by atoms with van der Waals surface area (Å²) in [4.78, 5) is 66.4. The Kier molecular flexibility index (Phi) is 9.76. The molecular weight excluding hydrogens is 638 g/mol. The topological polar surface area (TPSA) is 146 Å². The fraction of sp³-hybridized carbons (Fsp3) is 0.229. The maximum atomic E-state index is 14.2. The zero-order chi connectivity index (χ0) is 33.6. The van der Waals surface area contributed by atoms with E-state index in [-0.39, 0.29) is 36.8 Å². The number of hydrogen-bond acceptors (Lipinski definition) is 10. The first kappa shape index (κ1) is 32.4. The van der Waals surface area contributed by atoms with Crippen LogP contribution in [0, 0.1) is 0 Å². The maximum absolute atomic E-state index is 14.2. The van der Waals surface area contributed by atoms with Gasteiger partial charge < -0.3 is 24.1 Å². The molecular formula is C35H31N3O9S. The normalized spacial score (nSPS) is 17.0. The number of nitrogens with zero attached hydrogens (tertiary/aromatic N) is 2.